The van der Waals surface area contributed by atoms with Crippen LogP contribution in [0.4, 0.5) is 13.2 Å². The number of alkyl halides is 3. The van der Waals surface area contributed by atoms with E-state index in [9.17, 15) is 18.0 Å². The van der Waals surface area contributed by atoms with Gasteiger partial charge in [-0.25, -0.2) is 0 Å². The number of rotatable bonds is 3. The predicted octanol–water partition coefficient (Wildman–Crippen LogP) is 2.37. The van der Waals surface area contributed by atoms with Crippen molar-refractivity contribution in [2.24, 2.45) is 11.7 Å². The second-order valence-electron chi connectivity index (χ2n) is 3.71. The number of hydrogen-bond acceptors (Lipinski definition) is 1. The molecule has 0 heterocycles. The summed E-state index contributed by atoms with van der Waals surface area (Å²) in [6, 6.07) is 4.92. The molecule has 0 aliphatic rings. The van der Waals surface area contributed by atoms with Crippen molar-refractivity contribution in [2.75, 3.05) is 0 Å². The normalized spacial score (nSPS) is 13.5. The van der Waals surface area contributed by atoms with E-state index in [1.54, 1.807) is 13.0 Å². The molecular formula is C11H12F3NO. The van der Waals surface area contributed by atoms with Gasteiger partial charge in [0.15, 0.2) is 0 Å². The Kier molecular flexibility index (Phi) is 3.57. The lowest BCUT2D eigenvalue weighted by Crippen LogP contribution is -2.22. The van der Waals surface area contributed by atoms with Crippen molar-refractivity contribution in [3.63, 3.8) is 0 Å². The highest BCUT2D eigenvalue weighted by Gasteiger charge is 2.30. The molecule has 0 spiro atoms. The SMILES string of the molecule is C[C@@H](Cc1cccc(C(F)(F)F)c1)C(N)=O. The van der Waals surface area contributed by atoms with E-state index in [2.05, 4.69) is 0 Å². The van der Waals surface area contributed by atoms with Gasteiger partial charge in [0.1, 0.15) is 0 Å². The van der Waals surface area contributed by atoms with Crippen LogP contribution in [0.25, 0.3) is 0 Å². The zero-order valence-electron chi connectivity index (χ0n) is 8.71. The van der Waals surface area contributed by atoms with Gasteiger partial charge in [-0.3, -0.25) is 4.79 Å². The van der Waals surface area contributed by atoms with Crippen molar-refractivity contribution >= 4 is 5.91 Å². The predicted molar refractivity (Wildman–Crippen MR) is 53.5 cm³/mol. The van der Waals surface area contributed by atoms with Crippen LogP contribution in [0.5, 0.6) is 0 Å². The maximum absolute atomic E-state index is 12.4. The fraction of sp³-hybridized carbons (Fsp3) is 0.364. The Labute approximate surface area is 91.3 Å². The number of halogens is 3. The van der Waals surface area contributed by atoms with Gasteiger partial charge in [0.05, 0.1) is 5.56 Å². The summed E-state index contributed by atoms with van der Waals surface area (Å²) in [6.07, 6.45) is -4.13. The smallest absolute Gasteiger partial charge is 0.369 e. The molecule has 1 aromatic carbocycles. The Morgan fingerprint density at radius 3 is 2.56 bits per heavy atom. The van der Waals surface area contributed by atoms with Gasteiger partial charge in [-0.15, -0.1) is 0 Å². The average molecular weight is 231 g/mol. The molecule has 0 aliphatic heterocycles. The Hall–Kier alpha value is -1.52. The molecule has 0 unspecified atom stereocenters. The Balaban J connectivity index is 2.87. The van der Waals surface area contributed by atoms with Gasteiger partial charge in [0.2, 0.25) is 5.91 Å². The monoisotopic (exact) mass is 231 g/mol. The molecule has 0 aromatic heterocycles. The molecule has 0 aliphatic carbocycles. The van der Waals surface area contributed by atoms with Gasteiger partial charge in [0, 0.05) is 5.92 Å². The highest BCUT2D eigenvalue weighted by Crippen LogP contribution is 2.29. The first-order valence-corrected chi connectivity index (χ1v) is 4.76. The molecule has 0 saturated carbocycles. The standard InChI is InChI=1S/C11H12F3NO/c1-7(10(15)16)5-8-3-2-4-9(6-8)11(12,13)14/h2-4,6-7H,5H2,1H3,(H2,15,16)/t7-/m0/s1. The quantitative estimate of drug-likeness (QED) is 0.852. The zero-order chi connectivity index (χ0) is 12.3. The van der Waals surface area contributed by atoms with Crippen molar-refractivity contribution < 1.29 is 18.0 Å². The third kappa shape index (κ3) is 3.25. The first-order chi connectivity index (χ1) is 7.30. The van der Waals surface area contributed by atoms with E-state index in [1.165, 1.54) is 6.07 Å². The summed E-state index contributed by atoms with van der Waals surface area (Å²) >= 11 is 0. The minimum Gasteiger partial charge on any atom is -0.369 e. The second kappa shape index (κ2) is 4.55. The van der Waals surface area contributed by atoms with Crippen molar-refractivity contribution in [1.82, 2.24) is 0 Å². The lowest BCUT2D eigenvalue weighted by Gasteiger charge is -2.10. The first kappa shape index (κ1) is 12.5. The third-order valence-electron chi connectivity index (χ3n) is 2.28. The van der Waals surface area contributed by atoms with E-state index in [-0.39, 0.29) is 6.42 Å². The van der Waals surface area contributed by atoms with Crippen molar-refractivity contribution in [1.29, 1.82) is 0 Å². The highest BCUT2D eigenvalue weighted by atomic mass is 19.4. The summed E-state index contributed by atoms with van der Waals surface area (Å²) in [5.74, 6) is -0.985. The Bertz CT molecular complexity index is 387. The van der Waals surface area contributed by atoms with Crippen molar-refractivity contribution in [3.05, 3.63) is 35.4 Å². The number of benzene rings is 1. The van der Waals surface area contributed by atoms with Crippen molar-refractivity contribution in [3.8, 4) is 0 Å². The molecule has 0 radical (unpaired) electrons. The van der Waals surface area contributed by atoms with E-state index in [0.717, 1.165) is 12.1 Å². The minimum atomic E-state index is -4.36. The minimum absolute atomic E-state index is 0.221. The van der Waals surface area contributed by atoms with Crippen LogP contribution in [0.1, 0.15) is 18.1 Å². The van der Waals surface area contributed by atoms with Crippen LogP contribution < -0.4 is 5.73 Å². The Morgan fingerprint density at radius 1 is 1.44 bits per heavy atom. The van der Waals surface area contributed by atoms with E-state index >= 15 is 0 Å². The van der Waals surface area contributed by atoms with E-state index in [4.69, 9.17) is 5.73 Å². The van der Waals surface area contributed by atoms with Gasteiger partial charge in [-0.05, 0) is 18.1 Å². The highest BCUT2D eigenvalue weighted by molar-refractivity contribution is 5.76. The fourth-order valence-corrected chi connectivity index (χ4v) is 1.33. The molecule has 0 fully saturated rings. The van der Waals surface area contributed by atoms with Crippen LogP contribution in [-0.2, 0) is 17.4 Å². The number of hydrogen-bond donors (Lipinski definition) is 1. The number of primary amides is 1. The molecular weight excluding hydrogens is 219 g/mol. The van der Waals surface area contributed by atoms with Gasteiger partial charge >= 0.3 is 6.18 Å². The maximum Gasteiger partial charge on any atom is 0.416 e. The largest absolute Gasteiger partial charge is 0.416 e. The molecule has 0 saturated heterocycles. The van der Waals surface area contributed by atoms with E-state index in [0.29, 0.717) is 5.56 Å². The molecule has 1 atom stereocenters. The van der Waals surface area contributed by atoms with Crippen LogP contribution >= 0.6 is 0 Å². The van der Waals surface area contributed by atoms with Gasteiger partial charge in [-0.2, -0.15) is 13.2 Å². The molecule has 1 rings (SSSR count). The first-order valence-electron chi connectivity index (χ1n) is 4.76. The summed E-state index contributed by atoms with van der Waals surface area (Å²) < 4.78 is 37.1. The topological polar surface area (TPSA) is 43.1 Å². The van der Waals surface area contributed by atoms with E-state index in [1.807, 2.05) is 0 Å². The van der Waals surface area contributed by atoms with Crippen LogP contribution in [0.2, 0.25) is 0 Å². The van der Waals surface area contributed by atoms with Crippen molar-refractivity contribution in [2.45, 2.75) is 19.5 Å². The van der Waals surface area contributed by atoms with E-state index < -0.39 is 23.6 Å². The van der Waals surface area contributed by atoms with Gasteiger partial charge in [-0.1, -0.05) is 25.1 Å². The molecule has 2 N–H and O–H groups in total. The average Bonchev–Trinajstić information content (AvgIpc) is 2.16. The Morgan fingerprint density at radius 2 is 2.06 bits per heavy atom. The summed E-state index contributed by atoms with van der Waals surface area (Å²) in [5.41, 5.74) is 4.80. The lowest BCUT2D eigenvalue weighted by molar-refractivity contribution is -0.137. The lowest BCUT2D eigenvalue weighted by atomic mass is 9.99. The van der Waals surface area contributed by atoms with Crippen LogP contribution in [0.3, 0.4) is 0 Å². The second-order valence-corrected chi connectivity index (χ2v) is 3.71. The third-order valence-corrected chi connectivity index (χ3v) is 2.28. The summed E-state index contributed by atoms with van der Waals surface area (Å²) in [5, 5.41) is 0. The zero-order valence-corrected chi connectivity index (χ0v) is 8.71. The summed E-state index contributed by atoms with van der Waals surface area (Å²) in [6.45, 7) is 1.59. The molecule has 1 aromatic rings. The molecule has 1 amide bonds. The molecule has 5 heteroatoms. The molecule has 88 valence electrons. The fourth-order valence-electron chi connectivity index (χ4n) is 1.33. The number of nitrogens with two attached hydrogens (primary N) is 1. The molecule has 2 nitrogen and oxygen atoms in total. The summed E-state index contributed by atoms with van der Waals surface area (Å²) in [7, 11) is 0. The maximum atomic E-state index is 12.4. The number of carbonyl (C=O) groups is 1. The number of carbonyl (C=O) groups excluding carboxylic acids is 1. The van der Waals surface area contributed by atoms with Gasteiger partial charge in [0.25, 0.3) is 0 Å². The summed E-state index contributed by atoms with van der Waals surface area (Å²) in [4.78, 5) is 10.8. The molecule has 16 heavy (non-hydrogen) atoms. The van der Waals surface area contributed by atoms with Gasteiger partial charge < -0.3 is 5.73 Å². The number of amides is 1. The van der Waals surface area contributed by atoms with Crippen LogP contribution in [-0.4, -0.2) is 5.91 Å². The van der Waals surface area contributed by atoms with Crippen LogP contribution in [0, 0.1) is 5.92 Å². The molecule has 0 bridgehead atoms. The van der Waals surface area contributed by atoms with Crippen LogP contribution in [0.15, 0.2) is 24.3 Å².